The van der Waals surface area contributed by atoms with Crippen LogP contribution in [-0.4, -0.2) is 59.7 Å². The summed E-state index contributed by atoms with van der Waals surface area (Å²) >= 11 is 6.18. The molecule has 0 bridgehead atoms. The molecule has 1 aromatic rings. The van der Waals surface area contributed by atoms with E-state index in [-0.39, 0.29) is 18.1 Å². The molecule has 0 aromatic heterocycles. The largest absolute Gasteiger partial charge is 0.394 e. The fourth-order valence-electron chi connectivity index (χ4n) is 2.90. The minimum Gasteiger partial charge on any atom is -0.394 e. The Labute approximate surface area is 161 Å². The number of hydrogen-bond donors (Lipinski definition) is 4. The second kappa shape index (κ2) is 7.72. The molecule has 0 unspecified atom stereocenters. The minimum absolute atomic E-state index is 0.136. The van der Waals surface area contributed by atoms with Crippen LogP contribution in [0.15, 0.2) is 26.9 Å². The number of aliphatic hydroxyl groups is 3. The number of aryl methyl sites for hydroxylation is 1. The van der Waals surface area contributed by atoms with Crippen molar-refractivity contribution in [2.75, 3.05) is 6.61 Å². The van der Waals surface area contributed by atoms with Crippen LogP contribution < -0.4 is 11.2 Å². The maximum atomic E-state index is 12.2. The maximum Gasteiger partial charge on any atom is 0.349 e. The van der Waals surface area contributed by atoms with Crippen molar-refractivity contribution in [3.8, 4) is 11.5 Å². The van der Waals surface area contributed by atoms with Crippen molar-refractivity contribution < 1.29 is 15.3 Å². The topological polar surface area (TPSA) is 171 Å². The number of aromatic nitrogens is 4. The molecule has 11 nitrogen and oxygen atoms in total. The van der Waals surface area contributed by atoms with Gasteiger partial charge in [0, 0.05) is 5.02 Å². The molecule has 0 fully saturated rings. The second-order valence-corrected chi connectivity index (χ2v) is 6.68. The number of H-pyrrole nitrogens is 1. The van der Waals surface area contributed by atoms with E-state index in [0.29, 0.717) is 21.6 Å². The van der Waals surface area contributed by atoms with Crippen LogP contribution in [0.2, 0.25) is 5.02 Å². The third-order valence-corrected chi connectivity index (χ3v) is 4.76. The Balaban J connectivity index is 2.28. The lowest BCUT2D eigenvalue weighted by molar-refractivity contribution is 0.0161. The number of nitrogens with zero attached hydrogens (tertiary/aromatic N) is 4. The van der Waals surface area contributed by atoms with Crippen LogP contribution >= 0.6 is 11.6 Å². The molecule has 2 aliphatic rings. The van der Waals surface area contributed by atoms with Crippen molar-refractivity contribution in [3.05, 3.63) is 48.5 Å². The fraction of sp³-hybridized carbons (Fsp3) is 0.375. The normalized spacial score (nSPS) is 14.9. The van der Waals surface area contributed by atoms with Crippen LogP contribution in [0.3, 0.4) is 0 Å². The van der Waals surface area contributed by atoms with Gasteiger partial charge in [0.2, 0.25) is 0 Å². The van der Waals surface area contributed by atoms with E-state index in [1.807, 2.05) is 4.98 Å². The van der Waals surface area contributed by atoms with Crippen LogP contribution in [0.4, 0.5) is 0 Å². The van der Waals surface area contributed by atoms with Gasteiger partial charge in [-0.2, -0.15) is 9.89 Å². The zero-order valence-electron chi connectivity index (χ0n) is 14.5. The molecule has 1 aromatic carbocycles. The third kappa shape index (κ3) is 3.52. The lowest BCUT2D eigenvalue weighted by Crippen LogP contribution is -2.41. The van der Waals surface area contributed by atoms with Gasteiger partial charge >= 0.3 is 5.69 Å². The van der Waals surface area contributed by atoms with Gasteiger partial charge in [-0.15, -0.1) is 0 Å². The first-order valence-electron chi connectivity index (χ1n) is 8.17. The Morgan fingerprint density at radius 2 is 1.96 bits per heavy atom. The highest BCUT2D eigenvalue weighted by atomic mass is 35.5. The van der Waals surface area contributed by atoms with E-state index in [1.165, 1.54) is 10.6 Å². The van der Waals surface area contributed by atoms with Gasteiger partial charge in [0.25, 0.3) is 5.56 Å². The fourth-order valence-corrected chi connectivity index (χ4v) is 3.06. The number of halogens is 1. The van der Waals surface area contributed by atoms with E-state index in [1.54, 1.807) is 13.0 Å². The smallest absolute Gasteiger partial charge is 0.349 e. The molecule has 2 heterocycles. The van der Waals surface area contributed by atoms with Crippen molar-refractivity contribution in [2.45, 2.75) is 31.7 Å². The molecule has 3 atom stereocenters. The Bertz CT molecular complexity index is 1130. The van der Waals surface area contributed by atoms with Gasteiger partial charge in [0.15, 0.2) is 11.5 Å². The summed E-state index contributed by atoms with van der Waals surface area (Å²) in [5, 5.41) is 32.2. The summed E-state index contributed by atoms with van der Waals surface area (Å²) in [6.07, 6.45) is -3.15. The Morgan fingerprint density at radius 1 is 1.25 bits per heavy atom. The summed E-state index contributed by atoms with van der Waals surface area (Å²) in [5.41, 5.74) is -0.483. The van der Waals surface area contributed by atoms with Crippen molar-refractivity contribution in [1.29, 1.82) is 0 Å². The number of nitrogens with one attached hydrogen (secondary N) is 1. The number of aromatic amines is 1. The first-order valence-corrected chi connectivity index (χ1v) is 8.54. The molecule has 0 aliphatic carbocycles. The molecule has 148 valence electrons. The summed E-state index contributed by atoms with van der Waals surface area (Å²) in [6.45, 7) is 0.571. The molecule has 12 heteroatoms. The number of aliphatic hydroxyl groups excluding tert-OH is 3. The highest BCUT2D eigenvalue weighted by Gasteiger charge is 2.30. The van der Waals surface area contributed by atoms with Crippen LogP contribution in [0.25, 0.3) is 22.6 Å². The first kappa shape index (κ1) is 20.0. The van der Waals surface area contributed by atoms with E-state index in [2.05, 4.69) is 15.1 Å². The predicted molar refractivity (Wildman–Crippen MR) is 99.5 cm³/mol. The van der Waals surface area contributed by atoms with Gasteiger partial charge in [-0.25, -0.2) is 9.78 Å². The molecule has 2 aliphatic heterocycles. The molecular weight excluding hydrogens is 394 g/mol. The summed E-state index contributed by atoms with van der Waals surface area (Å²) < 4.78 is 1.30. The van der Waals surface area contributed by atoms with Crippen molar-refractivity contribution in [2.24, 2.45) is 5.18 Å². The lowest BCUT2D eigenvalue weighted by atomic mass is 10.1. The molecular formula is C16H16ClN5O6. The lowest BCUT2D eigenvalue weighted by Gasteiger charge is -2.24. The van der Waals surface area contributed by atoms with Crippen LogP contribution in [0.1, 0.15) is 5.56 Å². The van der Waals surface area contributed by atoms with Crippen molar-refractivity contribution in [3.63, 3.8) is 0 Å². The third-order valence-electron chi connectivity index (χ3n) is 4.36. The second-order valence-electron chi connectivity index (χ2n) is 6.27. The predicted octanol–water partition coefficient (Wildman–Crippen LogP) is -0.604. The molecule has 0 amide bonds. The monoisotopic (exact) mass is 409 g/mol. The number of benzene rings is 1. The average Bonchev–Trinajstić information content (AvgIpc) is 2.64. The van der Waals surface area contributed by atoms with E-state index in [4.69, 9.17) is 16.7 Å². The summed E-state index contributed by atoms with van der Waals surface area (Å²) in [4.78, 5) is 44.9. The molecule has 0 radical (unpaired) electrons. The quantitative estimate of drug-likeness (QED) is 0.308. The minimum atomic E-state index is -1.59. The molecule has 0 saturated heterocycles. The van der Waals surface area contributed by atoms with Crippen LogP contribution in [0, 0.1) is 11.8 Å². The Kier molecular flexibility index (Phi) is 5.52. The Morgan fingerprint density at radius 3 is 2.61 bits per heavy atom. The zero-order chi connectivity index (χ0) is 20.6. The summed E-state index contributed by atoms with van der Waals surface area (Å²) in [7, 11) is 0. The Hall–Kier alpha value is -2.73. The van der Waals surface area contributed by atoms with Gasteiger partial charge in [-0.3, -0.25) is 9.78 Å². The van der Waals surface area contributed by atoms with Gasteiger partial charge in [-0.05, 0) is 24.6 Å². The number of fused-ring (bicyclic) bond motifs is 2. The van der Waals surface area contributed by atoms with Gasteiger partial charge in [-0.1, -0.05) is 16.8 Å². The first-order chi connectivity index (χ1) is 13.3. The van der Waals surface area contributed by atoms with E-state index in [9.17, 15) is 24.7 Å². The van der Waals surface area contributed by atoms with Gasteiger partial charge in [0.05, 0.1) is 24.2 Å². The van der Waals surface area contributed by atoms with Crippen molar-refractivity contribution in [1.82, 2.24) is 19.5 Å². The van der Waals surface area contributed by atoms with Crippen molar-refractivity contribution >= 4 is 22.6 Å². The van der Waals surface area contributed by atoms with Gasteiger partial charge in [0.1, 0.15) is 18.2 Å². The van der Waals surface area contributed by atoms with E-state index >= 15 is 0 Å². The number of nitroso groups, excluding NO2 is 1. The molecule has 3 rings (SSSR count). The van der Waals surface area contributed by atoms with Crippen LogP contribution in [0.5, 0.6) is 0 Å². The van der Waals surface area contributed by atoms with E-state index in [0.717, 1.165) is 0 Å². The SMILES string of the molecule is Cc1cc2nc3c(=O)[nH]c(=O)nc-3n(C[C@H](O)[C@H](N=O)[C@H](O)CO)c2cc1Cl. The highest BCUT2D eigenvalue weighted by molar-refractivity contribution is 6.32. The van der Waals surface area contributed by atoms with E-state index < -0.39 is 36.1 Å². The van der Waals surface area contributed by atoms with Crippen LogP contribution in [-0.2, 0) is 6.54 Å². The average molecular weight is 410 g/mol. The summed E-state index contributed by atoms with van der Waals surface area (Å²) in [5.74, 6) is -0.136. The molecule has 0 saturated carbocycles. The molecule has 4 N–H and O–H groups in total. The molecule has 28 heavy (non-hydrogen) atoms. The summed E-state index contributed by atoms with van der Waals surface area (Å²) in [6, 6.07) is 1.58. The zero-order valence-corrected chi connectivity index (χ0v) is 15.3. The number of hydrogen-bond acceptors (Lipinski definition) is 9. The highest BCUT2D eigenvalue weighted by Crippen LogP contribution is 2.27. The van der Waals surface area contributed by atoms with Gasteiger partial charge < -0.3 is 19.9 Å². The standard InChI is InChI=1S/C16H16ClN5O6/c1-6-2-8-9(3-7(6)17)22(4-10(24)12(21-28)11(25)5-23)14-13(18-8)15(26)20-16(27)19-14/h2-3,10-12,23-25H,4-5H2,1H3,(H,20,26,27)/t10-,11+,12-/m0/s1. The maximum absolute atomic E-state index is 12.2. The number of rotatable bonds is 6. The molecule has 0 spiro atoms.